The van der Waals surface area contributed by atoms with E-state index in [1.54, 1.807) is 0 Å². The summed E-state index contributed by atoms with van der Waals surface area (Å²) in [7, 11) is 0. The van der Waals surface area contributed by atoms with Crippen LogP contribution in [0.5, 0.6) is 0 Å². The number of carbonyl (C=O) groups excluding carboxylic acids is 1. The summed E-state index contributed by atoms with van der Waals surface area (Å²) in [4.78, 5) is 11.1. The summed E-state index contributed by atoms with van der Waals surface area (Å²) in [6.45, 7) is 6.19. The highest BCUT2D eigenvalue weighted by atomic mass is 16.1. The molecule has 2 N–H and O–H groups in total. The van der Waals surface area contributed by atoms with E-state index in [0.717, 1.165) is 18.8 Å². The maximum absolute atomic E-state index is 11.1. The Morgan fingerprint density at radius 1 is 1.42 bits per heavy atom. The Bertz CT molecular complexity index is 186. The van der Waals surface area contributed by atoms with E-state index < -0.39 is 0 Å². The normalized spacial score (nSPS) is 30.6. The number of primary amides is 1. The van der Waals surface area contributed by atoms with Gasteiger partial charge in [0.25, 0.3) is 0 Å². The lowest BCUT2D eigenvalue weighted by Gasteiger charge is -2.27. The smallest absolute Gasteiger partial charge is 0.223 e. The van der Waals surface area contributed by atoms with Crippen molar-refractivity contribution in [2.75, 3.05) is 0 Å². The summed E-state index contributed by atoms with van der Waals surface area (Å²) in [6, 6.07) is 0. The predicted octanol–water partition coefficient (Wildman–Crippen LogP) is 1.93. The van der Waals surface area contributed by atoms with Crippen molar-refractivity contribution in [1.82, 2.24) is 0 Å². The average molecular weight is 169 g/mol. The summed E-state index contributed by atoms with van der Waals surface area (Å²) < 4.78 is 0. The van der Waals surface area contributed by atoms with Crippen molar-refractivity contribution in [3.8, 4) is 0 Å². The van der Waals surface area contributed by atoms with Crippen LogP contribution < -0.4 is 5.73 Å². The number of amides is 1. The lowest BCUT2D eigenvalue weighted by molar-refractivity contribution is -0.128. The summed E-state index contributed by atoms with van der Waals surface area (Å²) in [5.74, 6) is 1.13. The standard InChI is InChI=1S/C10H19NO/c1-7-4-5-8(6-7)10(2,3)9(11)12/h7-8H,4-6H2,1-3H3,(H2,11,12). The topological polar surface area (TPSA) is 43.1 Å². The van der Waals surface area contributed by atoms with Gasteiger partial charge in [0.2, 0.25) is 5.91 Å². The van der Waals surface area contributed by atoms with Gasteiger partial charge in [-0.05, 0) is 24.7 Å². The van der Waals surface area contributed by atoms with Crippen LogP contribution in [0.3, 0.4) is 0 Å². The molecule has 1 amide bonds. The molecule has 0 aromatic rings. The first-order valence-electron chi connectivity index (χ1n) is 4.74. The second kappa shape index (κ2) is 3.08. The van der Waals surface area contributed by atoms with Gasteiger partial charge >= 0.3 is 0 Å². The van der Waals surface area contributed by atoms with Crippen molar-refractivity contribution in [1.29, 1.82) is 0 Å². The molecule has 0 aromatic heterocycles. The van der Waals surface area contributed by atoms with Gasteiger partial charge < -0.3 is 5.73 Å². The molecule has 1 aliphatic carbocycles. The van der Waals surface area contributed by atoms with E-state index in [0.29, 0.717) is 5.92 Å². The quantitative estimate of drug-likeness (QED) is 0.674. The van der Waals surface area contributed by atoms with Gasteiger partial charge in [-0.1, -0.05) is 27.2 Å². The maximum atomic E-state index is 11.1. The second-order valence-electron chi connectivity index (χ2n) is 4.70. The molecule has 0 heterocycles. The van der Waals surface area contributed by atoms with Gasteiger partial charge in [0.15, 0.2) is 0 Å². The summed E-state index contributed by atoms with van der Waals surface area (Å²) >= 11 is 0. The Balaban J connectivity index is 2.63. The molecule has 1 rings (SSSR count). The zero-order valence-corrected chi connectivity index (χ0v) is 8.26. The molecular weight excluding hydrogens is 150 g/mol. The van der Waals surface area contributed by atoms with Crippen molar-refractivity contribution in [2.45, 2.75) is 40.0 Å². The Morgan fingerprint density at radius 2 is 2.00 bits per heavy atom. The molecule has 0 radical (unpaired) electrons. The summed E-state index contributed by atoms with van der Waals surface area (Å²) in [5.41, 5.74) is 5.06. The van der Waals surface area contributed by atoms with Gasteiger partial charge in [0.05, 0.1) is 0 Å². The van der Waals surface area contributed by atoms with Crippen molar-refractivity contribution < 1.29 is 4.79 Å². The molecule has 2 heteroatoms. The van der Waals surface area contributed by atoms with Crippen LogP contribution in [0.4, 0.5) is 0 Å². The zero-order valence-electron chi connectivity index (χ0n) is 8.26. The van der Waals surface area contributed by atoms with E-state index in [2.05, 4.69) is 6.92 Å². The predicted molar refractivity (Wildman–Crippen MR) is 49.5 cm³/mol. The van der Waals surface area contributed by atoms with Gasteiger partial charge in [0, 0.05) is 5.41 Å². The molecule has 2 nitrogen and oxygen atoms in total. The highest BCUT2D eigenvalue weighted by Crippen LogP contribution is 2.41. The minimum Gasteiger partial charge on any atom is -0.369 e. The van der Waals surface area contributed by atoms with E-state index in [-0.39, 0.29) is 11.3 Å². The van der Waals surface area contributed by atoms with Crippen LogP contribution in [0.1, 0.15) is 40.0 Å². The van der Waals surface area contributed by atoms with E-state index in [9.17, 15) is 4.79 Å². The molecule has 1 saturated carbocycles. The maximum Gasteiger partial charge on any atom is 0.223 e. The first kappa shape index (κ1) is 9.56. The first-order valence-corrected chi connectivity index (χ1v) is 4.74. The SMILES string of the molecule is CC1CCC(C(C)(C)C(N)=O)C1. The molecule has 1 aliphatic rings. The van der Waals surface area contributed by atoms with Crippen molar-refractivity contribution in [3.05, 3.63) is 0 Å². The monoisotopic (exact) mass is 169 g/mol. The van der Waals surface area contributed by atoms with Crippen LogP contribution in [-0.2, 0) is 4.79 Å². The molecule has 0 saturated heterocycles. The third-order valence-electron chi connectivity index (χ3n) is 3.35. The van der Waals surface area contributed by atoms with Gasteiger partial charge in [-0.25, -0.2) is 0 Å². The number of hydrogen-bond acceptors (Lipinski definition) is 1. The molecule has 2 unspecified atom stereocenters. The van der Waals surface area contributed by atoms with Crippen LogP contribution in [0.15, 0.2) is 0 Å². The fourth-order valence-corrected chi connectivity index (χ4v) is 2.06. The molecular formula is C10H19NO. The van der Waals surface area contributed by atoms with Crippen LogP contribution in [0.2, 0.25) is 0 Å². The molecule has 0 spiro atoms. The fourth-order valence-electron chi connectivity index (χ4n) is 2.06. The summed E-state index contributed by atoms with van der Waals surface area (Å²) in [5, 5.41) is 0. The number of rotatable bonds is 2. The van der Waals surface area contributed by atoms with E-state index >= 15 is 0 Å². The van der Waals surface area contributed by atoms with Crippen LogP contribution >= 0.6 is 0 Å². The van der Waals surface area contributed by atoms with Crippen LogP contribution in [-0.4, -0.2) is 5.91 Å². The zero-order chi connectivity index (χ0) is 9.35. The Hall–Kier alpha value is -0.530. The first-order chi connectivity index (χ1) is 5.44. The van der Waals surface area contributed by atoms with Crippen molar-refractivity contribution in [3.63, 3.8) is 0 Å². The van der Waals surface area contributed by atoms with Crippen molar-refractivity contribution >= 4 is 5.91 Å². The number of carbonyl (C=O) groups is 1. The van der Waals surface area contributed by atoms with Gasteiger partial charge in [0.1, 0.15) is 0 Å². The molecule has 0 aromatic carbocycles. The largest absolute Gasteiger partial charge is 0.369 e. The molecule has 0 aliphatic heterocycles. The fraction of sp³-hybridized carbons (Fsp3) is 0.900. The Morgan fingerprint density at radius 3 is 2.33 bits per heavy atom. The van der Waals surface area contributed by atoms with E-state index in [4.69, 9.17) is 5.73 Å². The number of nitrogens with two attached hydrogens (primary N) is 1. The van der Waals surface area contributed by atoms with Gasteiger partial charge in [-0.3, -0.25) is 4.79 Å². The number of hydrogen-bond donors (Lipinski definition) is 1. The highest BCUT2D eigenvalue weighted by Gasteiger charge is 2.38. The second-order valence-corrected chi connectivity index (χ2v) is 4.70. The minimum absolute atomic E-state index is 0.151. The molecule has 12 heavy (non-hydrogen) atoms. The van der Waals surface area contributed by atoms with Gasteiger partial charge in [-0.15, -0.1) is 0 Å². The summed E-state index contributed by atoms with van der Waals surface area (Å²) in [6.07, 6.45) is 3.58. The molecule has 70 valence electrons. The lowest BCUT2D eigenvalue weighted by atomic mass is 9.77. The Kier molecular flexibility index (Phi) is 2.45. The molecule has 0 bridgehead atoms. The van der Waals surface area contributed by atoms with Crippen LogP contribution in [0.25, 0.3) is 0 Å². The average Bonchev–Trinajstić information content (AvgIpc) is 2.35. The van der Waals surface area contributed by atoms with E-state index in [1.807, 2.05) is 13.8 Å². The third-order valence-corrected chi connectivity index (χ3v) is 3.35. The molecule has 1 fully saturated rings. The Labute approximate surface area is 74.5 Å². The minimum atomic E-state index is -0.301. The molecule has 2 atom stereocenters. The van der Waals surface area contributed by atoms with Crippen molar-refractivity contribution in [2.24, 2.45) is 23.0 Å². The van der Waals surface area contributed by atoms with Crippen LogP contribution in [0, 0.1) is 17.3 Å². The lowest BCUT2D eigenvalue weighted by Crippen LogP contribution is -2.37. The highest BCUT2D eigenvalue weighted by molar-refractivity contribution is 5.80. The third kappa shape index (κ3) is 1.62. The van der Waals surface area contributed by atoms with Gasteiger partial charge in [-0.2, -0.15) is 0 Å². The van der Waals surface area contributed by atoms with E-state index in [1.165, 1.54) is 6.42 Å².